The highest BCUT2D eigenvalue weighted by molar-refractivity contribution is 8.27. The van der Waals surface area contributed by atoms with Crippen molar-refractivity contribution in [3.63, 3.8) is 0 Å². The number of carbonyl (C=O) groups is 2. The summed E-state index contributed by atoms with van der Waals surface area (Å²) in [6.45, 7) is 0. The lowest BCUT2D eigenvalue weighted by atomic mass is 10.1. The van der Waals surface area contributed by atoms with E-state index in [1.807, 2.05) is 30.3 Å². The number of hydrogen-bond acceptors (Lipinski definition) is 5. The number of carbonyl (C=O) groups excluding carboxylic acids is 1. The van der Waals surface area contributed by atoms with Gasteiger partial charge in [0.05, 0.1) is 16.2 Å². The molecule has 3 aromatic rings. The minimum atomic E-state index is -1.00. The monoisotopic (exact) mass is 407 g/mol. The molecule has 138 valence electrons. The number of carboxylic acid groups (broad SMARTS) is 1. The third-order valence-corrected chi connectivity index (χ3v) is 5.40. The maximum absolute atomic E-state index is 12.8. The first-order valence-electron chi connectivity index (χ1n) is 8.29. The molecule has 5 nitrogen and oxygen atoms in total. The van der Waals surface area contributed by atoms with E-state index in [4.69, 9.17) is 21.7 Å². The van der Waals surface area contributed by atoms with Gasteiger partial charge in [-0.2, -0.15) is 0 Å². The molecule has 1 fully saturated rings. The van der Waals surface area contributed by atoms with Crippen LogP contribution in [0.2, 0.25) is 0 Å². The molecule has 2 heterocycles. The Labute approximate surface area is 170 Å². The van der Waals surface area contributed by atoms with Gasteiger partial charge in [-0.25, -0.2) is 4.79 Å². The normalized spacial score (nSPS) is 15.4. The molecule has 28 heavy (non-hydrogen) atoms. The van der Waals surface area contributed by atoms with E-state index in [0.717, 1.165) is 5.69 Å². The van der Waals surface area contributed by atoms with Crippen molar-refractivity contribution in [2.75, 3.05) is 4.90 Å². The number of benzene rings is 2. The Bertz CT molecular complexity index is 1120. The van der Waals surface area contributed by atoms with Gasteiger partial charge in [0, 0.05) is 11.6 Å². The maximum atomic E-state index is 12.8. The molecular weight excluding hydrogens is 394 g/mol. The number of rotatable bonds is 4. The summed E-state index contributed by atoms with van der Waals surface area (Å²) in [6.07, 6.45) is 1.65. The number of thioether (sulfide) groups is 1. The van der Waals surface area contributed by atoms with E-state index in [-0.39, 0.29) is 11.5 Å². The van der Waals surface area contributed by atoms with E-state index < -0.39 is 5.97 Å². The van der Waals surface area contributed by atoms with Crippen molar-refractivity contribution in [3.05, 3.63) is 83.0 Å². The summed E-state index contributed by atoms with van der Waals surface area (Å²) < 4.78 is 6.26. The average molecular weight is 407 g/mol. The topological polar surface area (TPSA) is 70.8 Å². The van der Waals surface area contributed by atoms with E-state index >= 15 is 0 Å². The second kappa shape index (κ2) is 7.46. The highest BCUT2D eigenvalue weighted by atomic mass is 32.2. The predicted octanol–water partition coefficient (Wildman–Crippen LogP) is 5.05. The van der Waals surface area contributed by atoms with Crippen molar-refractivity contribution in [1.82, 2.24) is 0 Å². The van der Waals surface area contributed by atoms with Crippen molar-refractivity contribution in [2.24, 2.45) is 0 Å². The van der Waals surface area contributed by atoms with Gasteiger partial charge in [0.15, 0.2) is 4.32 Å². The van der Waals surface area contributed by atoms with Crippen LogP contribution < -0.4 is 4.90 Å². The zero-order valence-electron chi connectivity index (χ0n) is 14.4. The fourth-order valence-corrected chi connectivity index (χ4v) is 4.07. The summed E-state index contributed by atoms with van der Waals surface area (Å²) in [5, 5.41) is 9.13. The number of aromatic carboxylic acids is 1. The SMILES string of the molecule is O=C(O)c1cccc(-c2ccc(C=C3SC(=S)N(c4ccccc4)C3=O)o2)c1. The highest BCUT2D eigenvalue weighted by Gasteiger charge is 2.33. The van der Waals surface area contributed by atoms with Gasteiger partial charge in [0.1, 0.15) is 11.5 Å². The minimum absolute atomic E-state index is 0.180. The van der Waals surface area contributed by atoms with Crippen molar-refractivity contribution in [1.29, 1.82) is 0 Å². The predicted molar refractivity (Wildman–Crippen MR) is 113 cm³/mol. The fourth-order valence-electron chi connectivity index (χ4n) is 2.79. The molecule has 1 saturated heterocycles. The Hall–Kier alpha value is -3.16. The highest BCUT2D eigenvalue weighted by Crippen LogP contribution is 2.36. The standard InChI is InChI=1S/C21H13NO4S2/c23-19-18(28-21(27)22(19)15-7-2-1-3-8-15)12-16-9-10-17(26-16)13-5-4-6-14(11-13)20(24)25/h1-12H,(H,24,25). The third-order valence-electron chi connectivity index (χ3n) is 4.10. The van der Waals surface area contributed by atoms with Crippen molar-refractivity contribution < 1.29 is 19.1 Å². The van der Waals surface area contributed by atoms with Gasteiger partial charge in [0.25, 0.3) is 5.91 Å². The Balaban J connectivity index is 1.61. The number of amides is 1. The number of anilines is 1. The Morgan fingerprint density at radius 1 is 1.07 bits per heavy atom. The van der Waals surface area contributed by atoms with Crippen LogP contribution in [0, 0.1) is 0 Å². The summed E-state index contributed by atoms with van der Waals surface area (Å²) in [7, 11) is 0. The van der Waals surface area contributed by atoms with Gasteiger partial charge in [-0.1, -0.05) is 54.3 Å². The smallest absolute Gasteiger partial charge is 0.335 e. The van der Waals surface area contributed by atoms with Gasteiger partial charge in [-0.3, -0.25) is 9.69 Å². The van der Waals surface area contributed by atoms with Crippen molar-refractivity contribution in [2.45, 2.75) is 0 Å². The summed E-state index contributed by atoms with van der Waals surface area (Å²) in [4.78, 5) is 25.9. The Morgan fingerprint density at radius 2 is 1.86 bits per heavy atom. The molecule has 1 amide bonds. The lowest BCUT2D eigenvalue weighted by Gasteiger charge is -2.13. The van der Waals surface area contributed by atoms with E-state index in [1.54, 1.807) is 36.4 Å². The molecule has 0 saturated carbocycles. The largest absolute Gasteiger partial charge is 0.478 e. The molecule has 0 bridgehead atoms. The van der Waals surface area contributed by atoms with Gasteiger partial charge < -0.3 is 9.52 Å². The molecule has 7 heteroatoms. The molecule has 1 aromatic heterocycles. The quantitative estimate of drug-likeness (QED) is 0.482. The molecule has 0 spiro atoms. The molecule has 0 unspecified atom stereocenters. The zero-order chi connectivity index (χ0) is 19.7. The number of para-hydroxylation sites is 1. The summed E-state index contributed by atoms with van der Waals surface area (Å²) >= 11 is 6.57. The summed E-state index contributed by atoms with van der Waals surface area (Å²) in [5.74, 6) is -0.192. The van der Waals surface area contributed by atoms with E-state index in [0.29, 0.717) is 26.3 Å². The first-order chi connectivity index (χ1) is 13.5. The van der Waals surface area contributed by atoms with Crippen LogP contribution in [0.15, 0.2) is 76.1 Å². The molecular formula is C21H13NO4S2. The average Bonchev–Trinajstić information content (AvgIpc) is 3.27. The van der Waals surface area contributed by atoms with Crippen molar-refractivity contribution >= 4 is 51.9 Å². The number of nitrogens with zero attached hydrogens (tertiary/aromatic N) is 1. The Kier molecular flexibility index (Phi) is 4.85. The van der Waals surface area contributed by atoms with Crippen LogP contribution in [0.3, 0.4) is 0 Å². The molecule has 0 radical (unpaired) electrons. The maximum Gasteiger partial charge on any atom is 0.335 e. The lowest BCUT2D eigenvalue weighted by Crippen LogP contribution is -2.27. The molecule has 4 rings (SSSR count). The van der Waals surface area contributed by atoms with Crippen LogP contribution in [0.25, 0.3) is 17.4 Å². The number of carboxylic acids is 1. The molecule has 1 aliphatic heterocycles. The summed E-state index contributed by atoms with van der Waals surface area (Å²) in [5.41, 5.74) is 1.55. The van der Waals surface area contributed by atoms with E-state index in [9.17, 15) is 9.59 Å². The van der Waals surface area contributed by atoms with Gasteiger partial charge >= 0.3 is 5.97 Å². The molecule has 1 aliphatic rings. The summed E-state index contributed by atoms with van der Waals surface area (Å²) in [6, 6.07) is 19.2. The fraction of sp³-hybridized carbons (Fsp3) is 0. The second-order valence-corrected chi connectivity index (χ2v) is 7.62. The number of hydrogen-bond donors (Lipinski definition) is 1. The minimum Gasteiger partial charge on any atom is -0.478 e. The van der Waals surface area contributed by atoms with E-state index in [2.05, 4.69) is 0 Å². The van der Waals surface area contributed by atoms with Crippen LogP contribution in [0.1, 0.15) is 16.1 Å². The number of thiocarbonyl (C=S) groups is 1. The van der Waals surface area contributed by atoms with Crippen LogP contribution in [-0.2, 0) is 4.79 Å². The lowest BCUT2D eigenvalue weighted by molar-refractivity contribution is -0.113. The first-order valence-corrected chi connectivity index (χ1v) is 9.52. The van der Waals surface area contributed by atoms with Crippen LogP contribution >= 0.6 is 24.0 Å². The number of furan rings is 1. The second-order valence-electron chi connectivity index (χ2n) is 5.94. The van der Waals surface area contributed by atoms with Crippen LogP contribution in [0.4, 0.5) is 5.69 Å². The third kappa shape index (κ3) is 3.49. The van der Waals surface area contributed by atoms with Crippen molar-refractivity contribution in [3.8, 4) is 11.3 Å². The van der Waals surface area contributed by atoms with Gasteiger partial charge in [0.2, 0.25) is 0 Å². The van der Waals surface area contributed by atoms with Gasteiger partial charge in [-0.15, -0.1) is 0 Å². The zero-order valence-corrected chi connectivity index (χ0v) is 16.0. The van der Waals surface area contributed by atoms with E-state index in [1.165, 1.54) is 22.7 Å². The van der Waals surface area contributed by atoms with Gasteiger partial charge in [-0.05, 0) is 36.4 Å². The van der Waals surface area contributed by atoms with Crippen LogP contribution in [0.5, 0.6) is 0 Å². The van der Waals surface area contributed by atoms with Crippen LogP contribution in [-0.4, -0.2) is 21.3 Å². The first kappa shape index (κ1) is 18.2. The molecule has 0 aliphatic carbocycles. The molecule has 2 aromatic carbocycles. The Morgan fingerprint density at radius 3 is 2.61 bits per heavy atom. The molecule has 1 N–H and O–H groups in total. The molecule has 0 atom stereocenters.